The number of hydrogen-bond acceptors (Lipinski definition) is 3. The van der Waals surface area contributed by atoms with Crippen LogP contribution in [-0.4, -0.2) is 17.3 Å². The number of fused-ring (bicyclic) bond motifs is 1. The number of aryl methyl sites for hydroxylation is 1. The Labute approximate surface area is 132 Å². The molecule has 1 aromatic heterocycles. The number of amides is 2. The highest BCUT2D eigenvalue weighted by molar-refractivity contribution is 6.34. The summed E-state index contributed by atoms with van der Waals surface area (Å²) >= 11 is 6.29. The highest BCUT2D eigenvalue weighted by atomic mass is 35.5. The third-order valence-corrected chi connectivity index (χ3v) is 3.87. The summed E-state index contributed by atoms with van der Waals surface area (Å²) in [5.74, 6) is -0.00856. The van der Waals surface area contributed by atoms with Crippen molar-refractivity contribution in [2.45, 2.75) is 19.4 Å². The third kappa shape index (κ3) is 2.94. The van der Waals surface area contributed by atoms with E-state index in [9.17, 15) is 9.59 Å². The first-order valence-corrected chi connectivity index (χ1v) is 7.29. The lowest BCUT2D eigenvalue weighted by Gasteiger charge is -2.19. The molecule has 2 amide bonds. The fourth-order valence-corrected chi connectivity index (χ4v) is 2.81. The molecule has 2 heterocycles. The lowest BCUT2D eigenvalue weighted by Crippen LogP contribution is -2.19. The Morgan fingerprint density at radius 2 is 2.09 bits per heavy atom. The van der Waals surface area contributed by atoms with Gasteiger partial charge in [0.2, 0.25) is 12.3 Å². The number of carbonyl (C=O) groups excluding carboxylic acids is 2. The summed E-state index contributed by atoms with van der Waals surface area (Å²) in [6.45, 7) is 0.430. The SMILES string of the molecule is O=CNCc1cncc(-c2cc(Cl)c3c(c2)CCC(=O)N3)c1. The van der Waals surface area contributed by atoms with E-state index in [1.807, 2.05) is 18.2 Å². The topological polar surface area (TPSA) is 71.1 Å². The van der Waals surface area contributed by atoms with Crippen LogP contribution in [0.4, 0.5) is 5.69 Å². The molecule has 0 saturated heterocycles. The first-order valence-electron chi connectivity index (χ1n) is 6.91. The smallest absolute Gasteiger partial charge is 0.224 e. The fourth-order valence-electron chi connectivity index (χ4n) is 2.52. The maximum absolute atomic E-state index is 11.5. The molecule has 5 nitrogen and oxygen atoms in total. The number of nitrogens with one attached hydrogen (secondary N) is 2. The second-order valence-corrected chi connectivity index (χ2v) is 5.53. The van der Waals surface area contributed by atoms with Gasteiger partial charge in [-0.25, -0.2) is 0 Å². The number of benzene rings is 1. The van der Waals surface area contributed by atoms with Crippen molar-refractivity contribution in [1.82, 2.24) is 10.3 Å². The van der Waals surface area contributed by atoms with Gasteiger partial charge < -0.3 is 10.6 Å². The minimum Gasteiger partial charge on any atom is -0.355 e. The average Bonchev–Trinajstić information content (AvgIpc) is 2.53. The van der Waals surface area contributed by atoms with Gasteiger partial charge in [-0.2, -0.15) is 0 Å². The molecule has 6 heteroatoms. The van der Waals surface area contributed by atoms with Crippen LogP contribution in [0.25, 0.3) is 11.1 Å². The second kappa shape index (κ2) is 6.15. The molecular weight excluding hydrogens is 302 g/mol. The van der Waals surface area contributed by atoms with Crippen LogP contribution in [0.3, 0.4) is 0 Å². The number of nitrogens with zero attached hydrogens (tertiary/aromatic N) is 1. The van der Waals surface area contributed by atoms with Crippen LogP contribution >= 0.6 is 11.6 Å². The average molecular weight is 316 g/mol. The Balaban J connectivity index is 1.97. The van der Waals surface area contributed by atoms with Crippen LogP contribution in [0.15, 0.2) is 30.6 Å². The highest BCUT2D eigenvalue weighted by Crippen LogP contribution is 2.35. The molecule has 0 spiro atoms. The Morgan fingerprint density at radius 1 is 1.23 bits per heavy atom. The zero-order valence-corrected chi connectivity index (χ0v) is 12.5. The van der Waals surface area contributed by atoms with E-state index in [0.29, 0.717) is 36.5 Å². The molecule has 112 valence electrons. The van der Waals surface area contributed by atoms with Gasteiger partial charge in [-0.3, -0.25) is 14.6 Å². The molecular formula is C16H14ClN3O2. The minimum atomic E-state index is -0.00856. The van der Waals surface area contributed by atoms with Gasteiger partial charge in [0.1, 0.15) is 0 Å². The number of halogens is 1. The van der Waals surface area contributed by atoms with Gasteiger partial charge in [0.25, 0.3) is 0 Å². The lowest BCUT2D eigenvalue weighted by atomic mass is 9.97. The number of anilines is 1. The Bertz CT molecular complexity index is 746. The summed E-state index contributed by atoms with van der Waals surface area (Å²) in [6.07, 6.45) is 5.26. The van der Waals surface area contributed by atoms with E-state index < -0.39 is 0 Å². The van der Waals surface area contributed by atoms with E-state index in [0.717, 1.165) is 22.3 Å². The monoisotopic (exact) mass is 315 g/mol. The zero-order valence-electron chi connectivity index (χ0n) is 11.7. The van der Waals surface area contributed by atoms with E-state index in [2.05, 4.69) is 15.6 Å². The molecule has 0 aliphatic carbocycles. The van der Waals surface area contributed by atoms with Crippen molar-refractivity contribution < 1.29 is 9.59 Å². The van der Waals surface area contributed by atoms with Gasteiger partial charge in [0.05, 0.1) is 10.7 Å². The van der Waals surface area contributed by atoms with Gasteiger partial charge in [-0.1, -0.05) is 11.6 Å². The molecule has 22 heavy (non-hydrogen) atoms. The normalized spacial score (nSPS) is 13.2. The van der Waals surface area contributed by atoms with Gasteiger partial charge in [-0.15, -0.1) is 0 Å². The van der Waals surface area contributed by atoms with E-state index in [-0.39, 0.29) is 5.91 Å². The Morgan fingerprint density at radius 3 is 2.91 bits per heavy atom. The predicted octanol–water partition coefficient (Wildman–Crippen LogP) is 2.53. The second-order valence-electron chi connectivity index (χ2n) is 5.12. The largest absolute Gasteiger partial charge is 0.355 e. The van der Waals surface area contributed by atoms with Gasteiger partial charge in [0, 0.05) is 30.9 Å². The van der Waals surface area contributed by atoms with Crippen molar-refractivity contribution in [3.05, 3.63) is 46.7 Å². The lowest BCUT2D eigenvalue weighted by molar-refractivity contribution is -0.116. The maximum atomic E-state index is 11.5. The van der Waals surface area contributed by atoms with Crippen molar-refractivity contribution >= 4 is 29.6 Å². The van der Waals surface area contributed by atoms with Gasteiger partial charge in [0.15, 0.2) is 0 Å². The van der Waals surface area contributed by atoms with Crippen LogP contribution in [0.2, 0.25) is 5.02 Å². The van der Waals surface area contributed by atoms with Crippen LogP contribution in [0.1, 0.15) is 17.5 Å². The molecule has 2 N–H and O–H groups in total. The summed E-state index contributed by atoms with van der Waals surface area (Å²) in [7, 11) is 0. The maximum Gasteiger partial charge on any atom is 0.224 e. The Hall–Kier alpha value is -2.40. The zero-order chi connectivity index (χ0) is 15.5. The van der Waals surface area contributed by atoms with Crippen LogP contribution in [0, 0.1) is 0 Å². The van der Waals surface area contributed by atoms with E-state index >= 15 is 0 Å². The molecule has 1 aliphatic rings. The molecule has 1 aliphatic heterocycles. The summed E-state index contributed by atoms with van der Waals surface area (Å²) < 4.78 is 0. The van der Waals surface area contributed by atoms with Crippen molar-refractivity contribution in [2.24, 2.45) is 0 Å². The van der Waals surface area contributed by atoms with Gasteiger partial charge >= 0.3 is 0 Å². The van der Waals surface area contributed by atoms with E-state index in [1.54, 1.807) is 12.4 Å². The summed E-state index contributed by atoms with van der Waals surface area (Å²) in [4.78, 5) is 26.0. The molecule has 3 rings (SSSR count). The van der Waals surface area contributed by atoms with Crippen LogP contribution in [-0.2, 0) is 22.6 Å². The molecule has 0 atom stereocenters. The number of carbonyl (C=O) groups is 2. The van der Waals surface area contributed by atoms with E-state index in [1.165, 1.54) is 0 Å². The van der Waals surface area contributed by atoms with Gasteiger partial charge in [-0.05, 0) is 41.3 Å². The molecule has 0 radical (unpaired) electrons. The first kappa shape index (κ1) is 14.5. The minimum absolute atomic E-state index is 0.00856. The number of pyridine rings is 1. The summed E-state index contributed by atoms with van der Waals surface area (Å²) in [5.41, 5.74) is 4.51. The molecule has 0 bridgehead atoms. The predicted molar refractivity (Wildman–Crippen MR) is 84.5 cm³/mol. The van der Waals surface area contributed by atoms with E-state index in [4.69, 9.17) is 11.6 Å². The highest BCUT2D eigenvalue weighted by Gasteiger charge is 2.18. The van der Waals surface area contributed by atoms with Crippen LogP contribution < -0.4 is 10.6 Å². The number of aromatic nitrogens is 1. The van der Waals surface area contributed by atoms with Crippen LogP contribution in [0.5, 0.6) is 0 Å². The van der Waals surface area contributed by atoms with Crippen molar-refractivity contribution in [3.8, 4) is 11.1 Å². The number of rotatable bonds is 4. The summed E-state index contributed by atoms with van der Waals surface area (Å²) in [6, 6.07) is 5.80. The molecule has 2 aromatic rings. The Kier molecular flexibility index (Phi) is 4.06. The fraction of sp³-hybridized carbons (Fsp3) is 0.188. The van der Waals surface area contributed by atoms with Crippen molar-refractivity contribution in [1.29, 1.82) is 0 Å². The first-order chi connectivity index (χ1) is 10.7. The number of hydrogen-bond donors (Lipinski definition) is 2. The quantitative estimate of drug-likeness (QED) is 0.852. The molecule has 0 saturated carbocycles. The third-order valence-electron chi connectivity index (χ3n) is 3.58. The standard InChI is InChI=1S/C16H14ClN3O2/c17-14-5-12(4-11-1-2-15(22)20-16(11)14)13-3-10(6-18-8-13)7-19-9-21/h3-6,8-9H,1-2,7H2,(H,19,21)(H,20,22). The van der Waals surface area contributed by atoms with Crippen molar-refractivity contribution in [3.63, 3.8) is 0 Å². The molecule has 0 unspecified atom stereocenters. The summed E-state index contributed by atoms with van der Waals surface area (Å²) in [5, 5.41) is 5.95. The molecule has 0 fully saturated rings. The molecule has 1 aromatic carbocycles. The van der Waals surface area contributed by atoms with Crippen molar-refractivity contribution in [2.75, 3.05) is 5.32 Å².